The van der Waals surface area contributed by atoms with Crippen LogP contribution in [0, 0.1) is 34.6 Å². The summed E-state index contributed by atoms with van der Waals surface area (Å²) in [5, 5.41) is 3.47. The summed E-state index contributed by atoms with van der Waals surface area (Å²) in [6.45, 7) is 11.3. The SMILES string of the molecule is Cc1ccc(S(=O)(=O)N(CC(=O)NC(C)c2cc(C)c(C)cc2C)c2ccc(Cl)cc2C)cc1. The summed E-state index contributed by atoms with van der Waals surface area (Å²) in [5.74, 6) is -0.393. The van der Waals surface area contributed by atoms with Crippen LogP contribution in [0.15, 0.2) is 59.5 Å². The number of anilines is 1. The van der Waals surface area contributed by atoms with Crippen LogP contribution < -0.4 is 9.62 Å². The normalized spacial score (nSPS) is 12.3. The quantitative estimate of drug-likeness (QED) is 0.437. The number of aryl methyl sites for hydroxylation is 5. The van der Waals surface area contributed by atoms with Gasteiger partial charge < -0.3 is 5.32 Å². The van der Waals surface area contributed by atoms with Gasteiger partial charge in [0.05, 0.1) is 16.6 Å². The number of sulfonamides is 1. The largest absolute Gasteiger partial charge is 0.348 e. The Labute approximate surface area is 207 Å². The van der Waals surface area contributed by atoms with E-state index >= 15 is 0 Å². The summed E-state index contributed by atoms with van der Waals surface area (Å²) in [5.41, 5.74) is 6.43. The molecule has 1 amide bonds. The third-order valence-electron chi connectivity index (χ3n) is 6.05. The minimum absolute atomic E-state index is 0.123. The Hall–Kier alpha value is -2.83. The maximum Gasteiger partial charge on any atom is 0.264 e. The zero-order valence-electron chi connectivity index (χ0n) is 20.4. The molecule has 0 heterocycles. The first-order chi connectivity index (χ1) is 15.9. The van der Waals surface area contributed by atoms with E-state index in [2.05, 4.69) is 24.4 Å². The van der Waals surface area contributed by atoms with E-state index in [1.54, 1.807) is 49.4 Å². The average Bonchev–Trinajstić information content (AvgIpc) is 2.75. The van der Waals surface area contributed by atoms with E-state index in [0.717, 1.165) is 26.6 Å². The van der Waals surface area contributed by atoms with Crippen LogP contribution in [-0.4, -0.2) is 20.9 Å². The number of benzene rings is 3. The zero-order valence-corrected chi connectivity index (χ0v) is 22.0. The smallest absolute Gasteiger partial charge is 0.264 e. The molecule has 0 aliphatic carbocycles. The molecule has 3 rings (SSSR count). The molecule has 3 aromatic carbocycles. The molecule has 1 N–H and O–H groups in total. The molecule has 7 heteroatoms. The van der Waals surface area contributed by atoms with Crippen molar-refractivity contribution in [3.63, 3.8) is 0 Å². The summed E-state index contributed by atoms with van der Waals surface area (Å²) < 4.78 is 28.4. The number of nitrogens with zero attached hydrogens (tertiary/aromatic N) is 1. The van der Waals surface area contributed by atoms with Gasteiger partial charge in [-0.25, -0.2) is 8.42 Å². The predicted molar refractivity (Wildman–Crippen MR) is 139 cm³/mol. The van der Waals surface area contributed by atoms with Gasteiger partial charge in [-0.15, -0.1) is 0 Å². The van der Waals surface area contributed by atoms with Gasteiger partial charge >= 0.3 is 0 Å². The highest BCUT2D eigenvalue weighted by Crippen LogP contribution is 2.29. The van der Waals surface area contributed by atoms with Gasteiger partial charge in [0.15, 0.2) is 0 Å². The van der Waals surface area contributed by atoms with Gasteiger partial charge in [0.1, 0.15) is 6.54 Å². The molecule has 1 atom stereocenters. The Morgan fingerprint density at radius 3 is 2.12 bits per heavy atom. The molecule has 3 aromatic rings. The molecule has 0 bridgehead atoms. The van der Waals surface area contributed by atoms with Crippen LogP contribution >= 0.6 is 11.6 Å². The first kappa shape index (κ1) is 25.8. The van der Waals surface area contributed by atoms with Crippen molar-refractivity contribution in [2.24, 2.45) is 0 Å². The molecular weight excluding hydrogens is 468 g/mol. The molecule has 0 radical (unpaired) electrons. The Bertz CT molecular complexity index is 1320. The molecule has 34 heavy (non-hydrogen) atoms. The fourth-order valence-corrected chi connectivity index (χ4v) is 5.69. The molecule has 0 spiro atoms. The van der Waals surface area contributed by atoms with E-state index in [9.17, 15) is 13.2 Å². The van der Waals surface area contributed by atoms with Gasteiger partial charge in [-0.05, 0) is 99.7 Å². The van der Waals surface area contributed by atoms with E-state index in [-0.39, 0.29) is 17.5 Å². The first-order valence-corrected chi connectivity index (χ1v) is 12.9. The molecule has 0 aliphatic rings. The van der Waals surface area contributed by atoms with E-state index < -0.39 is 15.9 Å². The van der Waals surface area contributed by atoms with Gasteiger partial charge in [-0.1, -0.05) is 41.4 Å². The maximum atomic E-state index is 13.6. The van der Waals surface area contributed by atoms with Crippen LogP contribution in [0.4, 0.5) is 5.69 Å². The topological polar surface area (TPSA) is 66.5 Å². The summed E-state index contributed by atoms with van der Waals surface area (Å²) in [6.07, 6.45) is 0. The minimum Gasteiger partial charge on any atom is -0.348 e. The van der Waals surface area contributed by atoms with E-state index in [1.807, 2.05) is 27.7 Å². The van der Waals surface area contributed by atoms with E-state index in [4.69, 9.17) is 11.6 Å². The van der Waals surface area contributed by atoms with Crippen molar-refractivity contribution in [3.8, 4) is 0 Å². The van der Waals surface area contributed by atoms with Crippen molar-refractivity contribution in [1.82, 2.24) is 5.32 Å². The van der Waals surface area contributed by atoms with Crippen molar-refractivity contribution in [2.75, 3.05) is 10.8 Å². The molecule has 0 aromatic heterocycles. The molecule has 1 unspecified atom stereocenters. The van der Waals surface area contributed by atoms with E-state index in [1.165, 1.54) is 5.56 Å². The number of amides is 1. The maximum absolute atomic E-state index is 13.6. The summed E-state index contributed by atoms with van der Waals surface area (Å²) in [6, 6.07) is 15.4. The Kier molecular flexibility index (Phi) is 7.74. The monoisotopic (exact) mass is 498 g/mol. The highest BCUT2D eigenvalue weighted by Gasteiger charge is 2.29. The fourth-order valence-electron chi connectivity index (χ4n) is 3.98. The lowest BCUT2D eigenvalue weighted by molar-refractivity contribution is -0.120. The van der Waals surface area contributed by atoms with Crippen molar-refractivity contribution in [1.29, 1.82) is 0 Å². The molecule has 180 valence electrons. The van der Waals surface area contributed by atoms with Crippen molar-refractivity contribution in [2.45, 2.75) is 52.5 Å². The van der Waals surface area contributed by atoms with Gasteiger partial charge in [0.2, 0.25) is 5.91 Å². The Balaban J connectivity index is 1.95. The lowest BCUT2D eigenvalue weighted by Crippen LogP contribution is -2.42. The Morgan fingerprint density at radius 1 is 0.882 bits per heavy atom. The van der Waals surface area contributed by atoms with Crippen LogP contribution in [0.25, 0.3) is 0 Å². The average molecular weight is 499 g/mol. The van der Waals surface area contributed by atoms with Crippen LogP contribution in [-0.2, 0) is 14.8 Å². The van der Waals surface area contributed by atoms with Gasteiger partial charge in [-0.3, -0.25) is 9.10 Å². The van der Waals surface area contributed by atoms with Crippen LogP contribution in [0.3, 0.4) is 0 Å². The van der Waals surface area contributed by atoms with Gasteiger partial charge in [0, 0.05) is 5.02 Å². The minimum atomic E-state index is -3.99. The van der Waals surface area contributed by atoms with Gasteiger partial charge in [-0.2, -0.15) is 0 Å². The highest BCUT2D eigenvalue weighted by molar-refractivity contribution is 7.92. The number of rotatable bonds is 7. The van der Waals surface area contributed by atoms with Crippen LogP contribution in [0.5, 0.6) is 0 Å². The second-order valence-corrected chi connectivity index (χ2v) is 11.1. The predicted octanol–water partition coefficient (Wildman–Crippen LogP) is 5.95. The number of nitrogens with one attached hydrogen (secondary N) is 1. The number of hydrogen-bond acceptors (Lipinski definition) is 3. The number of halogens is 1. The fraction of sp³-hybridized carbons (Fsp3) is 0.296. The zero-order chi connectivity index (χ0) is 25.2. The third kappa shape index (κ3) is 5.62. The van der Waals surface area contributed by atoms with Crippen LogP contribution in [0.2, 0.25) is 5.02 Å². The van der Waals surface area contributed by atoms with Crippen molar-refractivity contribution >= 4 is 33.2 Å². The number of hydrogen-bond donors (Lipinski definition) is 1. The second kappa shape index (κ2) is 10.2. The third-order valence-corrected chi connectivity index (χ3v) is 8.06. The highest BCUT2D eigenvalue weighted by atomic mass is 35.5. The molecular formula is C27H31ClN2O3S. The molecule has 0 saturated carbocycles. The van der Waals surface area contributed by atoms with Crippen molar-refractivity contribution in [3.05, 3.63) is 93.0 Å². The standard InChI is InChI=1S/C27H31ClN2O3S/c1-17-7-10-24(11-8-17)34(32,33)30(26-12-9-23(28)14-21(26)5)16-27(31)29-22(6)25-15-19(3)18(2)13-20(25)4/h7-15,22H,16H2,1-6H3,(H,29,31). The summed E-state index contributed by atoms with van der Waals surface area (Å²) in [4.78, 5) is 13.3. The summed E-state index contributed by atoms with van der Waals surface area (Å²) >= 11 is 6.10. The lowest BCUT2D eigenvalue weighted by atomic mass is 9.96. The first-order valence-electron chi connectivity index (χ1n) is 11.1. The molecule has 0 aliphatic heterocycles. The Morgan fingerprint density at radius 2 is 1.50 bits per heavy atom. The van der Waals surface area contributed by atoms with Gasteiger partial charge in [0.25, 0.3) is 10.0 Å². The number of carbonyl (C=O) groups excluding carboxylic acids is 1. The van der Waals surface area contributed by atoms with Crippen LogP contribution in [0.1, 0.15) is 46.3 Å². The summed E-state index contributed by atoms with van der Waals surface area (Å²) in [7, 11) is -3.99. The lowest BCUT2D eigenvalue weighted by Gasteiger charge is -2.27. The second-order valence-electron chi connectivity index (χ2n) is 8.84. The van der Waals surface area contributed by atoms with Crippen molar-refractivity contribution < 1.29 is 13.2 Å². The molecule has 5 nitrogen and oxygen atoms in total. The molecule has 0 saturated heterocycles. The number of carbonyl (C=O) groups is 1. The van der Waals surface area contributed by atoms with E-state index in [0.29, 0.717) is 16.3 Å². The molecule has 0 fully saturated rings.